The second kappa shape index (κ2) is 7.77. The van der Waals surface area contributed by atoms with Crippen LogP contribution in [-0.4, -0.2) is 35.8 Å². The van der Waals surface area contributed by atoms with E-state index in [9.17, 15) is 14.3 Å². The third kappa shape index (κ3) is 3.67. The quantitative estimate of drug-likeness (QED) is 0.620. The molecule has 1 amide bonds. The van der Waals surface area contributed by atoms with Crippen LogP contribution >= 0.6 is 11.6 Å². The lowest BCUT2D eigenvalue weighted by atomic mass is 9.87. The summed E-state index contributed by atoms with van der Waals surface area (Å²) in [7, 11) is 0. The molecule has 0 radical (unpaired) electrons. The number of carboxylic acid groups (broad SMARTS) is 1. The molecule has 3 heterocycles. The molecule has 1 N–H and O–H groups in total. The molecule has 0 saturated carbocycles. The fourth-order valence-electron chi connectivity index (χ4n) is 4.31. The van der Waals surface area contributed by atoms with Gasteiger partial charge in [-0.05, 0) is 60.7 Å². The SMILES string of the molecule is O=C(O)N1Cc2cc(Cl)ccc2-n2c(nnc2C2CC=C(c3cc(F)ccn3)CC2)C1. The number of carbonyl (C=O) groups is 1. The molecule has 1 aromatic carbocycles. The van der Waals surface area contributed by atoms with Crippen LogP contribution in [0.5, 0.6) is 0 Å². The molecule has 1 aliphatic heterocycles. The molecule has 5 rings (SSSR count). The number of nitrogens with zero attached hydrogens (tertiary/aromatic N) is 5. The van der Waals surface area contributed by atoms with Crippen LogP contribution in [0.15, 0.2) is 42.6 Å². The number of amides is 1. The third-order valence-electron chi connectivity index (χ3n) is 5.83. The molecule has 3 aromatic rings. The van der Waals surface area contributed by atoms with Gasteiger partial charge < -0.3 is 5.11 Å². The van der Waals surface area contributed by atoms with Crippen molar-refractivity contribution in [3.8, 4) is 5.69 Å². The van der Waals surface area contributed by atoms with Crippen molar-refractivity contribution in [2.45, 2.75) is 38.3 Å². The van der Waals surface area contributed by atoms with Gasteiger partial charge in [0.2, 0.25) is 0 Å². The Labute approximate surface area is 182 Å². The van der Waals surface area contributed by atoms with Crippen molar-refractivity contribution < 1.29 is 14.3 Å². The third-order valence-corrected chi connectivity index (χ3v) is 6.06. The highest BCUT2D eigenvalue weighted by atomic mass is 35.5. The number of hydrogen-bond acceptors (Lipinski definition) is 4. The van der Waals surface area contributed by atoms with Gasteiger partial charge >= 0.3 is 6.09 Å². The van der Waals surface area contributed by atoms with Crippen molar-refractivity contribution in [3.63, 3.8) is 0 Å². The molecule has 31 heavy (non-hydrogen) atoms. The largest absolute Gasteiger partial charge is 0.465 e. The molecular formula is C22H19ClFN5O2. The molecule has 0 bridgehead atoms. The second-order valence-electron chi connectivity index (χ2n) is 7.78. The van der Waals surface area contributed by atoms with Gasteiger partial charge in [0.25, 0.3) is 0 Å². The Hall–Kier alpha value is -3.26. The fraction of sp³-hybridized carbons (Fsp3) is 0.273. The van der Waals surface area contributed by atoms with Crippen LogP contribution in [0.4, 0.5) is 9.18 Å². The Morgan fingerprint density at radius 3 is 2.81 bits per heavy atom. The summed E-state index contributed by atoms with van der Waals surface area (Å²) < 4.78 is 15.5. The van der Waals surface area contributed by atoms with Gasteiger partial charge in [-0.1, -0.05) is 17.7 Å². The van der Waals surface area contributed by atoms with Crippen LogP contribution in [0.25, 0.3) is 11.3 Å². The van der Waals surface area contributed by atoms with Gasteiger partial charge in [0.15, 0.2) is 5.82 Å². The minimum Gasteiger partial charge on any atom is -0.465 e. The van der Waals surface area contributed by atoms with E-state index in [4.69, 9.17) is 11.6 Å². The maximum Gasteiger partial charge on any atom is 0.408 e. The Balaban J connectivity index is 1.51. The molecule has 0 saturated heterocycles. The average molecular weight is 440 g/mol. The van der Waals surface area contributed by atoms with E-state index >= 15 is 0 Å². The lowest BCUT2D eigenvalue weighted by molar-refractivity contribution is 0.139. The molecule has 2 aromatic heterocycles. The van der Waals surface area contributed by atoms with E-state index in [0.29, 0.717) is 16.5 Å². The zero-order chi connectivity index (χ0) is 21.5. The normalized spacial score (nSPS) is 18.1. The molecule has 2 aliphatic rings. The van der Waals surface area contributed by atoms with Gasteiger partial charge in [0.1, 0.15) is 11.6 Å². The van der Waals surface area contributed by atoms with Gasteiger partial charge in [-0.15, -0.1) is 10.2 Å². The zero-order valence-corrected chi connectivity index (χ0v) is 17.3. The highest BCUT2D eigenvalue weighted by Crippen LogP contribution is 2.37. The number of pyridine rings is 1. The van der Waals surface area contributed by atoms with Crippen molar-refractivity contribution in [2.24, 2.45) is 0 Å². The van der Waals surface area contributed by atoms with Gasteiger partial charge in [0, 0.05) is 17.1 Å². The maximum atomic E-state index is 13.6. The minimum absolute atomic E-state index is 0.110. The molecule has 0 spiro atoms. The number of fused-ring (bicyclic) bond motifs is 3. The molecule has 158 valence electrons. The second-order valence-corrected chi connectivity index (χ2v) is 8.22. The average Bonchev–Trinajstić information content (AvgIpc) is 3.09. The summed E-state index contributed by atoms with van der Waals surface area (Å²) in [5.74, 6) is 1.20. The van der Waals surface area contributed by atoms with Crippen LogP contribution in [0.2, 0.25) is 5.02 Å². The lowest BCUT2D eigenvalue weighted by Gasteiger charge is -2.22. The summed E-state index contributed by atoms with van der Waals surface area (Å²) in [6.45, 7) is 0.379. The van der Waals surface area contributed by atoms with Crippen molar-refractivity contribution in [1.82, 2.24) is 24.6 Å². The summed E-state index contributed by atoms with van der Waals surface area (Å²) in [5.41, 5.74) is 3.35. The van der Waals surface area contributed by atoms with Crippen LogP contribution in [0.3, 0.4) is 0 Å². The van der Waals surface area contributed by atoms with E-state index in [1.165, 1.54) is 23.2 Å². The molecule has 7 nitrogen and oxygen atoms in total. The summed E-state index contributed by atoms with van der Waals surface area (Å²) in [4.78, 5) is 17.3. The molecule has 9 heteroatoms. The molecule has 0 fully saturated rings. The number of hydrogen-bond donors (Lipinski definition) is 1. The topological polar surface area (TPSA) is 84.1 Å². The minimum atomic E-state index is -1.02. The van der Waals surface area contributed by atoms with Crippen LogP contribution in [-0.2, 0) is 13.1 Å². The van der Waals surface area contributed by atoms with E-state index in [2.05, 4.69) is 21.3 Å². The first-order chi connectivity index (χ1) is 15.0. The first-order valence-corrected chi connectivity index (χ1v) is 10.4. The Bertz CT molecular complexity index is 1210. The number of halogens is 2. The summed E-state index contributed by atoms with van der Waals surface area (Å²) in [6, 6.07) is 8.26. The number of allylic oxidation sites excluding steroid dienone is 2. The molecule has 1 atom stereocenters. The van der Waals surface area contributed by atoms with Gasteiger partial charge in [-0.25, -0.2) is 9.18 Å². The van der Waals surface area contributed by atoms with Gasteiger partial charge in [-0.3, -0.25) is 14.5 Å². The smallest absolute Gasteiger partial charge is 0.408 e. The van der Waals surface area contributed by atoms with E-state index < -0.39 is 6.09 Å². The van der Waals surface area contributed by atoms with Gasteiger partial charge in [0.05, 0.1) is 24.5 Å². The first kappa shape index (κ1) is 19.7. The number of rotatable bonds is 2. The van der Waals surface area contributed by atoms with Crippen LogP contribution < -0.4 is 0 Å². The van der Waals surface area contributed by atoms with E-state index in [-0.39, 0.29) is 24.8 Å². The van der Waals surface area contributed by atoms with Crippen LogP contribution in [0.1, 0.15) is 48.1 Å². The van der Waals surface area contributed by atoms with Crippen LogP contribution in [0, 0.1) is 5.82 Å². The fourth-order valence-corrected chi connectivity index (χ4v) is 4.50. The first-order valence-electron chi connectivity index (χ1n) is 10.0. The van der Waals surface area contributed by atoms with E-state index in [0.717, 1.165) is 41.9 Å². The van der Waals surface area contributed by atoms with Crippen molar-refractivity contribution in [3.05, 3.63) is 76.4 Å². The highest BCUT2D eigenvalue weighted by Gasteiger charge is 2.30. The van der Waals surface area contributed by atoms with E-state index in [1.54, 1.807) is 12.1 Å². The monoisotopic (exact) mass is 439 g/mol. The summed E-state index contributed by atoms with van der Waals surface area (Å²) >= 11 is 6.19. The number of aromatic nitrogens is 4. The van der Waals surface area contributed by atoms with Crippen molar-refractivity contribution >= 4 is 23.3 Å². The standard InChI is InChI=1S/C22H19ClFN5O2/c23-16-5-6-19-15(9-16)11-28(22(30)31)12-20-26-27-21(29(19)20)14-3-1-13(2-4-14)18-10-17(24)7-8-25-18/h1,5-10,14H,2-4,11-12H2,(H,30,31). The summed E-state index contributed by atoms with van der Waals surface area (Å²) in [6.07, 6.45) is 4.83. The summed E-state index contributed by atoms with van der Waals surface area (Å²) in [5, 5.41) is 18.9. The molecular weight excluding hydrogens is 421 g/mol. The predicted molar refractivity (Wildman–Crippen MR) is 112 cm³/mol. The zero-order valence-electron chi connectivity index (χ0n) is 16.5. The van der Waals surface area contributed by atoms with Crippen molar-refractivity contribution in [1.29, 1.82) is 0 Å². The Morgan fingerprint density at radius 1 is 1.19 bits per heavy atom. The maximum absolute atomic E-state index is 13.6. The van der Waals surface area contributed by atoms with Crippen molar-refractivity contribution in [2.75, 3.05) is 0 Å². The number of benzene rings is 1. The Morgan fingerprint density at radius 2 is 2.06 bits per heavy atom. The van der Waals surface area contributed by atoms with E-state index in [1.807, 2.05) is 10.6 Å². The Kier molecular flexibility index (Phi) is 4.94. The van der Waals surface area contributed by atoms with Gasteiger partial charge in [-0.2, -0.15) is 0 Å². The molecule has 1 aliphatic carbocycles. The lowest BCUT2D eigenvalue weighted by Crippen LogP contribution is -2.27. The predicted octanol–water partition coefficient (Wildman–Crippen LogP) is 4.80. The molecule has 1 unspecified atom stereocenters. The highest BCUT2D eigenvalue weighted by molar-refractivity contribution is 6.30.